The van der Waals surface area contributed by atoms with Crippen LogP contribution in [0.2, 0.25) is 0 Å². The Morgan fingerprint density at radius 1 is 1.10 bits per heavy atom. The standard InChI is InChI=1S/C16H35N3O2/c1-6-7-8-9-16(2,3)14-19-15(17-4)18-10-11-21-13-12-20-5/h6-14H2,1-5H3,(H2,17,18,19). The lowest BCUT2D eigenvalue weighted by Gasteiger charge is -2.26. The highest BCUT2D eigenvalue weighted by Gasteiger charge is 2.17. The number of methoxy groups -OCH3 is 1. The molecule has 0 spiro atoms. The van der Waals surface area contributed by atoms with E-state index in [-0.39, 0.29) is 0 Å². The fourth-order valence-electron chi connectivity index (χ4n) is 1.97. The summed E-state index contributed by atoms with van der Waals surface area (Å²) in [5.41, 5.74) is 0.293. The van der Waals surface area contributed by atoms with Crippen LogP contribution in [0.15, 0.2) is 4.99 Å². The second kappa shape index (κ2) is 12.9. The van der Waals surface area contributed by atoms with Crippen LogP contribution in [0.1, 0.15) is 46.5 Å². The molecule has 126 valence electrons. The molecule has 0 aliphatic rings. The van der Waals surface area contributed by atoms with Gasteiger partial charge in [-0.1, -0.05) is 40.0 Å². The molecule has 5 nitrogen and oxygen atoms in total. The van der Waals surface area contributed by atoms with Crippen LogP contribution in [0.5, 0.6) is 0 Å². The van der Waals surface area contributed by atoms with Crippen molar-refractivity contribution in [2.45, 2.75) is 46.5 Å². The lowest BCUT2D eigenvalue weighted by molar-refractivity contribution is 0.0733. The molecule has 5 heteroatoms. The van der Waals surface area contributed by atoms with E-state index in [0.717, 1.165) is 19.0 Å². The van der Waals surface area contributed by atoms with Crippen molar-refractivity contribution in [2.75, 3.05) is 47.1 Å². The van der Waals surface area contributed by atoms with Crippen LogP contribution in [-0.2, 0) is 9.47 Å². The minimum absolute atomic E-state index is 0.293. The zero-order valence-electron chi connectivity index (χ0n) is 14.6. The summed E-state index contributed by atoms with van der Waals surface area (Å²) in [5.74, 6) is 0.842. The van der Waals surface area contributed by atoms with E-state index >= 15 is 0 Å². The molecule has 0 saturated heterocycles. The van der Waals surface area contributed by atoms with E-state index in [1.165, 1.54) is 25.7 Å². The zero-order valence-corrected chi connectivity index (χ0v) is 14.6. The minimum atomic E-state index is 0.293. The molecule has 0 radical (unpaired) electrons. The molecule has 0 rings (SSSR count). The maximum absolute atomic E-state index is 5.41. The number of nitrogens with one attached hydrogen (secondary N) is 2. The van der Waals surface area contributed by atoms with Crippen LogP contribution < -0.4 is 10.6 Å². The zero-order chi connectivity index (χ0) is 16.0. The third-order valence-corrected chi connectivity index (χ3v) is 3.39. The lowest BCUT2D eigenvalue weighted by atomic mass is 9.87. The molecule has 0 heterocycles. The summed E-state index contributed by atoms with van der Waals surface area (Å²) < 4.78 is 10.3. The van der Waals surface area contributed by atoms with Crippen molar-refractivity contribution in [2.24, 2.45) is 10.4 Å². The van der Waals surface area contributed by atoms with Gasteiger partial charge in [0, 0.05) is 27.2 Å². The van der Waals surface area contributed by atoms with Crippen LogP contribution in [-0.4, -0.2) is 53.0 Å². The summed E-state index contributed by atoms with van der Waals surface area (Å²) in [4.78, 5) is 4.24. The number of ether oxygens (including phenoxy) is 2. The summed E-state index contributed by atoms with van der Waals surface area (Å²) in [6, 6.07) is 0. The van der Waals surface area contributed by atoms with E-state index in [0.29, 0.717) is 25.2 Å². The molecule has 0 aliphatic heterocycles. The highest BCUT2D eigenvalue weighted by Crippen LogP contribution is 2.22. The topological polar surface area (TPSA) is 54.9 Å². The summed E-state index contributed by atoms with van der Waals surface area (Å²) in [6.45, 7) is 10.5. The van der Waals surface area contributed by atoms with E-state index in [4.69, 9.17) is 9.47 Å². The average Bonchev–Trinajstić information content (AvgIpc) is 2.46. The highest BCUT2D eigenvalue weighted by atomic mass is 16.5. The summed E-state index contributed by atoms with van der Waals surface area (Å²) in [7, 11) is 3.47. The van der Waals surface area contributed by atoms with Crippen LogP contribution >= 0.6 is 0 Å². The van der Waals surface area contributed by atoms with Crippen molar-refractivity contribution in [3.05, 3.63) is 0 Å². The largest absolute Gasteiger partial charge is 0.382 e. The van der Waals surface area contributed by atoms with Crippen LogP contribution in [0.4, 0.5) is 0 Å². The Kier molecular flexibility index (Phi) is 12.4. The minimum Gasteiger partial charge on any atom is -0.382 e. The number of hydrogen-bond donors (Lipinski definition) is 2. The molecule has 0 aromatic heterocycles. The summed E-state index contributed by atoms with van der Waals surface area (Å²) in [6.07, 6.45) is 5.13. The van der Waals surface area contributed by atoms with Crippen LogP contribution in [0.3, 0.4) is 0 Å². The maximum Gasteiger partial charge on any atom is 0.191 e. The van der Waals surface area contributed by atoms with Gasteiger partial charge in [0.25, 0.3) is 0 Å². The number of guanidine groups is 1. The third-order valence-electron chi connectivity index (χ3n) is 3.39. The van der Waals surface area contributed by atoms with E-state index in [1.54, 1.807) is 14.2 Å². The van der Waals surface area contributed by atoms with Gasteiger partial charge in [-0.2, -0.15) is 0 Å². The van der Waals surface area contributed by atoms with Crippen LogP contribution in [0, 0.1) is 5.41 Å². The first-order chi connectivity index (χ1) is 10.1. The molecule has 0 saturated carbocycles. The Balaban J connectivity index is 3.78. The molecule has 0 fully saturated rings. The van der Waals surface area contributed by atoms with E-state index in [1.807, 2.05) is 0 Å². The number of unbranched alkanes of at least 4 members (excludes halogenated alkanes) is 2. The predicted octanol–water partition coefficient (Wildman–Crippen LogP) is 2.42. The second-order valence-electron chi connectivity index (χ2n) is 6.08. The first-order valence-electron chi connectivity index (χ1n) is 8.07. The first kappa shape index (κ1) is 20.2. The Labute approximate surface area is 130 Å². The first-order valence-corrected chi connectivity index (χ1v) is 8.07. The monoisotopic (exact) mass is 301 g/mol. The Hall–Kier alpha value is -0.810. The van der Waals surface area contributed by atoms with Gasteiger partial charge < -0.3 is 20.1 Å². The molecule has 0 aromatic rings. The molecule has 0 unspecified atom stereocenters. The Morgan fingerprint density at radius 2 is 1.86 bits per heavy atom. The fraction of sp³-hybridized carbons (Fsp3) is 0.938. The van der Waals surface area contributed by atoms with Gasteiger partial charge in [0.1, 0.15) is 0 Å². The molecule has 0 amide bonds. The maximum atomic E-state index is 5.41. The number of rotatable bonds is 12. The van der Waals surface area contributed by atoms with Crippen molar-refractivity contribution in [3.63, 3.8) is 0 Å². The molecule has 2 N–H and O–H groups in total. The van der Waals surface area contributed by atoms with Crippen molar-refractivity contribution in [1.82, 2.24) is 10.6 Å². The SMILES string of the molecule is CCCCCC(C)(C)CNC(=NC)NCCOCCOC. The second-order valence-corrected chi connectivity index (χ2v) is 6.08. The van der Waals surface area contributed by atoms with Crippen LogP contribution in [0.25, 0.3) is 0 Å². The van der Waals surface area contributed by atoms with Gasteiger partial charge in [-0.3, -0.25) is 4.99 Å². The molecule has 21 heavy (non-hydrogen) atoms. The lowest BCUT2D eigenvalue weighted by Crippen LogP contribution is -2.43. The quantitative estimate of drug-likeness (QED) is 0.330. The van der Waals surface area contributed by atoms with Gasteiger partial charge in [-0.05, 0) is 11.8 Å². The predicted molar refractivity (Wildman–Crippen MR) is 90.0 cm³/mol. The van der Waals surface area contributed by atoms with Crippen molar-refractivity contribution < 1.29 is 9.47 Å². The normalized spacial score (nSPS) is 12.5. The Bertz CT molecular complexity index is 268. The number of aliphatic imine (C=N–C) groups is 1. The Morgan fingerprint density at radius 3 is 2.48 bits per heavy atom. The van der Waals surface area contributed by atoms with Crippen molar-refractivity contribution >= 4 is 5.96 Å². The average molecular weight is 301 g/mol. The van der Waals surface area contributed by atoms with Crippen molar-refractivity contribution in [3.8, 4) is 0 Å². The fourth-order valence-corrected chi connectivity index (χ4v) is 1.97. The van der Waals surface area contributed by atoms with E-state index in [9.17, 15) is 0 Å². The van der Waals surface area contributed by atoms with Crippen molar-refractivity contribution in [1.29, 1.82) is 0 Å². The molecule has 0 atom stereocenters. The molecule has 0 bridgehead atoms. The van der Waals surface area contributed by atoms with E-state index in [2.05, 4.69) is 36.4 Å². The summed E-state index contributed by atoms with van der Waals surface area (Å²) >= 11 is 0. The van der Waals surface area contributed by atoms with Gasteiger partial charge in [-0.15, -0.1) is 0 Å². The number of hydrogen-bond acceptors (Lipinski definition) is 3. The van der Waals surface area contributed by atoms with Gasteiger partial charge >= 0.3 is 0 Å². The third kappa shape index (κ3) is 12.6. The van der Waals surface area contributed by atoms with Gasteiger partial charge in [0.05, 0.1) is 19.8 Å². The molecular formula is C16H35N3O2. The smallest absolute Gasteiger partial charge is 0.191 e. The van der Waals surface area contributed by atoms with Gasteiger partial charge in [0.15, 0.2) is 5.96 Å². The molecular weight excluding hydrogens is 266 g/mol. The molecule has 0 aliphatic carbocycles. The van der Waals surface area contributed by atoms with Gasteiger partial charge in [-0.25, -0.2) is 0 Å². The van der Waals surface area contributed by atoms with E-state index < -0.39 is 0 Å². The summed E-state index contributed by atoms with van der Waals surface area (Å²) in [5, 5.41) is 6.66. The number of nitrogens with zero attached hydrogens (tertiary/aromatic N) is 1. The van der Waals surface area contributed by atoms with Gasteiger partial charge in [0.2, 0.25) is 0 Å². The highest BCUT2D eigenvalue weighted by molar-refractivity contribution is 5.79. The molecule has 0 aromatic carbocycles.